The van der Waals surface area contributed by atoms with Crippen molar-refractivity contribution in [2.75, 3.05) is 13.1 Å². The Bertz CT molecular complexity index is 2990. The van der Waals surface area contributed by atoms with Gasteiger partial charge in [0, 0.05) is 87.9 Å². The maximum atomic E-state index is 14.5. The third-order valence-corrected chi connectivity index (χ3v) is 15.8. The number of hydrogen-bond acceptors (Lipinski definition) is 15. The van der Waals surface area contributed by atoms with Crippen LogP contribution in [0.15, 0.2) is 24.3 Å². The summed E-state index contributed by atoms with van der Waals surface area (Å²) in [5, 5.41) is 27.3. The van der Waals surface area contributed by atoms with Gasteiger partial charge in [-0.2, -0.15) is 26.3 Å². The average molecular weight is 1330 g/mol. The maximum absolute atomic E-state index is 14.5. The van der Waals surface area contributed by atoms with Gasteiger partial charge in [0.15, 0.2) is 23.3 Å². The summed E-state index contributed by atoms with van der Waals surface area (Å²) < 4.78 is 165. The largest absolute Gasteiger partial charge is 1.00 e. The van der Waals surface area contributed by atoms with Gasteiger partial charge in [-0.3, -0.25) is 33.6 Å². The molecule has 2 aromatic carbocycles. The SMILES string of the molecule is CC(C)C(N)C(=O)N1CCCC1C(=O)NC(CC(=O)C1CCn2c(nnc2C(F)(F)F)C1)Cc1cc(F)c(F)cc1F.CC(C)C(N)C(=O)N1CCCC1C(=O)NC(CC(=O)C1CCn2c(nnc2C(F)(F)F)C1)Cc1cc(F)c(F)cc1F.Cl.O=CO[O-].[Na+]. The first-order valence-electron chi connectivity index (χ1n) is 28.0. The van der Waals surface area contributed by atoms with Gasteiger partial charge in [0.1, 0.15) is 46.9 Å². The second-order valence-electron chi connectivity index (χ2n) is 22.5. The number of Topliss-reactive ketones (excluding diaryl/α,β-unsaturated/α-hetero) is 2. The number of benzene rings is 2. The fourth-order valence-corrected chi connectivity index (χ4v) is 10.9. The summed E-state index contributed by atoms with van der Waals surface area (Å²) in [6.45, 7) is 7.16. The Morgan fingerprint density at radius 1 is 0.589 bits per heavy atom. The van der Waals surface area contributed by atoms with E-state index in [4.69, 9.17) is 21.5 Å². The average Bonchev–Trinajstić information content (AvgIpc) is 1.80. The maximum Gasteiger partial charge on any atom is 1.00 e. The van der Waals surface area contributed by atoms with Gasteiger partial charge in [-0.05, 0) is 86.5 Å². The first kappa shape index (κ1) is 76.2. The number of fused-ring (bicyclic) bond motifs is 2. The Morgan fingerprint density at radius 2 is 0.922 bits per heavy atom. The van der Waals surface area contributed by atoms with E-state index in [-0.39, 0.29) is 148 Å². The van der Waals surface area contributed by atoms with Crippen LogP contribution < -0.4 is 56.9 Å². The number of carbonyl (C=O) groups is 7. The molecule has 4 aromatic rings. The number of nitrogens with two attached hydrogens (primary N) is 2. The molecule has 8 unspecified atom stereocenters. The smallest absolute Gasteiger partial charge is 0.662 e. The third-order valence-electron chi connectivity index (χ3n) is 15.8. The number of nitrogens with zero attached hydrogens (tertiary/aromatic N) is 8. The van der Waals surface area contributed by atoms with Crippen molar-refractivity contribution in [3.05, 3.63) is 93.6 Å². The number of aromatic nitrogens is 6. The Kier molecular flexibility index (Phi) is 27.8. The number of halogens is 13. The number of nitrogens with one attached hydrogen (secondary N) is 2. The molecule has 8 atom stereocenters. The Morgan fingerprint density at radius 3 is 1.23 bits per heavy atom. The summed E-state index contributed by atoms with van der Waals surface area (Å²) >= 11 is 0. The predicted molar refractivity (Wildman–Crippen MR) is 286 cm³/mol. The van der Waals surface area contributed by atoms with Crippen LogP contribution in [0.3, 0.4) is 0 Å². The number of amides is 4. The first-order chi connectivity index (χ1) is 41.2. The van der Waals surface area contributed by atoms with Crippen LogP contribution in [-0.4, -0.2) is 130 Å². The monoisotopic (exact) mass is 1320 g/mol. The Labute approximate surface area is 535 Å². The van der Waals surface area contributed by atoms with Crippen molar-refractivity contribution in [2.24, 2.45) is 35.1 Å². The summed E-state index contributed by atoms with van der Waals surface area (Å²) in [5.74, 6) is -14.7. The molecule has 0 radical (unpaired) electrons. The van der Waals surface area contributed by atoms with Gasteiger partial charge in [-0.1, -0.05) is 27.7 Å². The molecule has 4 aliphatic heterocycles. The van der Waals surface area contributed by atoms with Crippen molar-refractivity contribution in [1.29, 1.82) is 0 Å². The second kappa shape index (κ2) is 32.8. The van der Waals surface area contributed by atoms with Gasteiger partial charge < -0.3 is 51.2 Å². The molecule has 0 aliphatic carbocycles. The van der Waals surface area contributed by atoms with Crippen LogP contribution >= 0.6 is 12.4 Å². The van der Waals surface area contributed by atoms with Crippen molar-refractivity contribution < 1.29 is 126 Å². The van der Waals surface area contributed by atoms with Crippen LogP contribution in [0.2, 0.25) is 0 Å². The quantitative estimate of drug-likeness (QED) is 0.0260. The molecule has 90 heavy (non-hydrogen) atoms. The van der Waals surface area contributed by atoms with Gasteiger partial charge >= 0.3 is 41.9 Å². The van der Waals surface area contributed by atoms with Crippen LogP contribution in [0.5, 0.6) is 0 Å². The third kappa shape index (κ3) is 19.2. The fourth-order valence-electron chi connectivity index (χ4n) is 10.9. The van der Waals surface area contributed by atoms with Crippen LogP contribution in [-0.2, 0) is 89.6 Å². The molecule has 4 aliphatic rings. The van der Waals surface area contributed by atoms with Crippen molar-refractivity contribution in [1.82, 2.24) is 50.0 Å². The fraction of sp³-hybridized carbons (Fsp3) is 0.582. The van der Waals surface area contributed by atoms with Crippen molar-refractivity contribution in [3.8, 4) is 0 Å². The molecule has 2 saturated heterocycles. The molecule has 2 fully saturated rings. The van der Waals surface area contributed by atoms with Gasteiger partial charge in [0.25, 0.3) is 6.47 Å². The Balaban J connectivity index is 0.000000355. The minimum Gasteiger partial charge on any atom is -0.662 e. The molecule has 2 aromatic heterocycles. The van der Waals surface area contributed by atoms with Crippen LogP contribution in [0, 0.1) is 58.6 Å². The topological polar surface area (TPSA) is 296 Å². The molecule has 6 N–H and O–H groups in total. The van der Waals surface area contributed by atoms with Gasteiger partial charge in [-0.15, -0.1) is 32.8 Å². The summed E-state index contributed by atoms with van der Waals surface area (Å²) in [6.07, 6.45) is -9.38. The predicted octanol–water partition coefficient (Wildman–Crippen LogP) is 1.74. The van der Waals surface area contributed by atoms with E-state index < -0.39 is 142 Å². The summed E-state index contributed by atoms with van der Waals surface area (Å²) in [7, 11) is 0. The van der Waals surface area contributed by atoms with Crippen LogP contribution in [0.25, 0.3) is 0 Å². The Hall–Kier alpha value is -6.26. The van der Waals surface area contributed by atoms with E-state index in [1.165, 1.54) is 9.80 Å². The van der Waals surface area contributed by atoms with E-state index in [9.17, 15) is 81.5 Å². The van der Waals surface area contributed by atoms with Crippen LogP contribution in [0.1, 0.15) is 113 Å². The van der Waals surface area contributed by atoms with E-state index in [1.54, 1.807) is 27.7 Å². The van der Waals surface area contributed by atoms with Crippen LogP contribution in [0.4, 0.5) is 52.7 Å². The minimum absolute atomic E-state index is 0. The standard InChI is InChI=1S/2C27H32F6N6O3.CH2O3.ClH.Na/c2*1-13(2)23(34)25(42)38-6-3-4-20(38)24(41)35-16(8-15-9-18(29)19(30)12-17(15)28)11-21(40)14-5-7-39-22(10-14)36-37-26(39)27(31,32)33;2-1-4-3;;/h2*9,12-14,16,20,23H,3-8,10-11,34H2,1-2H3,(H,35,41);1,3H;1H;/q;;;;+1/p-1. The molecule has 4 amide bonds. The summed E-state index contributed by atoms with van der Waals surface area (Å²) in [4.78, 5) is 93.1. The molecule has 0 spiro atoms. The second-order valence-corrected chi connectivity index (χ2v) is 22.5. The molecule has 21 nitrogen and oxygen atoms in total. The molecular weight excluding hydrogens is 1260 g/mol. The van der Waals surface area contributed by atoms with E-state index in [0.29, 0.717) is 63.0 Å². The number of rotatable bonds is 19. The molecule has 8 rings (SSSR count). The zero-order chi connectivity index (χ0) is 65.3. The number of hydrogen-bond donors (Lipinski definition) is 4. The van der Waals surface area contributed by atoms with E-state index in [2.05, 4.69) is 35.9 Å². The first-order valence-corrected chi connectivity index (χ1v) is 28.0. The van der Waals surface area contributed by atoms with Gasteiger partial charge in [0.05, 0.1) is 12.1 Å². The number of ketones is 2. The van der Waals surface area contributed by atoms with Crippen molar-refractivity contribution in [3.63, 3.8) is 0 Å². The number of likely N-dealkylation sites (tertiary alicyclic amines) is 2. The van der Waals surface area contributed by atoms with E-state index in [1.807, 2.05) is 0 Å². The summed E-state index contributed by atoms with van der Waals surface area (Å²) in [5.41, 5.74) is 11.4. The molecular formula is C55H66ClF12N12NaO9. The number of alkyl halides is 6. The van der Waals surface area contributed by atoms with E-state index >= 15 is 0 Å². The molecule has 0 bridgehead atoms. The number of carbonyl (C=O) groups excluding carboxylic acids is 7. The van der Waals surface area contributed by atoms with Gasteiger partial charge in [-0.25, -0.2) is 26.3 Å². The zero-order valence-corrected chi connectivity index (χ0v) is 52.1. The van der Waals surface area contributed by atoms with E-state index in [0.717, 1.165) is 9.13 Å². The molecule has 35 heteroatoms. The van der Waals surface area contributed by atoms with Crippen molar-refractivity contribution in [2.45, 2.75) is 166 Å². The van der Waals surface area contributed by atoms with Gasteiger partial charge in [0.2, 0.25) is 35.3 Å². The molecule has 0 saturated carbocycles. The normalized spacial score (nSPS) is 19.3. The molecule has 6 heterocycles. The summed E-state index contributed by atoms with van der Waals surface area (Å²) in [6, 6.07) is -3.64. The minimum atomic E-state index is -4.71. The molecule has 492 valence electrons. The van der Waals surface area contributed by atoms with Crippen molar-refractivity contribution >= 4 is 54.1 Å². The zero-order valence-electron chi connectivity index (χ0n) is 49.3.